The van der Waals surface area contributed by atoms with Crippen molar-refractivity contribution in [3.05, 3.63) is 80.7 Å². The summed E-state index contributed by atoms with van der Waals surface area (Å²) in [6, 6.07) is 7.94. The number of halogens is 1. The number of H-pyrrole nitrogens is 1. The highest BCUT2D eigenvalue weighted by Gasteiger charge is 2.22. The molecular weight excluding hydrogens is 420 g/mol. The molecule has 7 nitrogen and oxygen atoms in total. The van der Waals surface area contributed by atoms with Crippen LogP contribution in [0, 0.1) is 0 Å². The van der Waals surface area contributed by atoms with Crippen LogP contribution in [0.5, 0.6) is 0 Å². The molecular formula is C21H17ClN6OS. The van der Waals surface area contributed by atoms with Crippen LogP contribution < -0.4 is 5.56 Å². The van der Waals surface area contributed by atoms with Crippen molar-refractivity contribution in [2.45, 2.75) is 19.5 Å². The van der Waals surface area contributed by atoms with Crippen molar-refractivity contribution >= 4 is 22.9 Å². The second-order valence-corrected chi connectivity index (χ2v) is 8.80. The van der Waals surface area contributed by atoms with Crippen molar-refractivity contribution in [3.63, 3.8) is 0 Å². The zero-order chi connectivity index (χ0) is 20.5. The molecule has 1 N–H and O–H groups in total. The van der Waals surface area contributed by atoms with Crippen molar-refractivity contribution in [3.8, 4) is 22.0 Å². The van der Waals surface area contributed by atoms with Gasteiger partial charge in [0.25, 0.3) is 5.56 Å². The van der Waals surface area contributed by atoms with Crippen LogP contribution in [-0.4, -0.2) is 36.4 Å². The summed E-state index contributed by atoms with van der Waals surface area (Å²) in [7, 11) is 0. The molecule has 30 heavy (non-hydrogen) atoms. The van der Waals surface area contributed by atoms with Crippen molar-refractivity contribution in [2.24, 2.45) is 0 Å². The lowest BCUT2D eigenvalue weighted by Gasteiger charge is -2.27. The molecule has 0 aliphatic carbocycles. The van der Waals surface area contributed by atoms with E-state index in [4.69, 9.17) is 11.6 Å². The van der Waals surface area contributed by atoms with E-state index in [9.17, 15) is 4.79 Å². The van der Waals surface area contributed by atoms with E-state index >= 15 is 0 Å². The second-order valence-electron chi connectivity index (χ2n) is 7.08. The van der Waals surface area contributed by atoms with Crippen LogP contribution in [0.3, 0.4) is 0 Å². The Kier molecular flexibility index (Phi) is 5.12. The summed E-state index contributed by atoms with van der Waals surface area (Å²) in [4.78, 5) is 36.0. The fraction of sp³-hybridized carbons (Fsp3) is 0.190. The highest BCUT2D eigenvalue weighted by atomic mass is 35.5. The summed E-state index contributed by atoms with van der Waals surface area (Å²) in [6.45, 7) is 2.12. The molecule has 0 saturated carbocycles. The number of hydrogen-bond acceptors (Lipinski definition) is 7. The SMILES string of the molecule is O=c1[nH]c(-c2cncnc2)nc2c1CN(Cc1ccc(-c3ccc(Cl)s3)nc1)CC2. The Hall–Kier alpha value is -2.94. The van der Waals surface area contributed by atoms with Gasteiger partial charge in [0.05, 0.1) is 31.7 Å². The molecule has 0 atom stereocenters. The van der Waals surface area contributed by atoms with E-state index in [-0.39, 0.29) is 5.56 Å². The van der Waals surface area contributed by atoms with Crippen LogP contribution in [0.25, 0.3) is 22.0 Å². The number of thiophene rings is 1. The number of aromatic amines is 1. The van der Waals surface area contributed by atoms with Crippen molar-refractivity contribution < 1.29 is 0 Å². The topological polar surface area (TPSA) is 87.7 Å². The largest absolute Gasteiger partial charge is 0.306 e. The lowest BCUT2D eigenvalue weighted by atomic mass is 10.1. The fourth-order valence-electron chi connectivity index (χ4n) is 3.55. The van der Waals surface area contributed by atoms with Crippen LogP contribution in [0.1, 0.15) is 16.8 Å². The standard InChI is InChI=1S/C21H17ClN6OS/c22-19-4-3-18(30-19)17-2-1-13(7-25-17)10-28-6-5-16-15(11-28)21(29)27-20(26-16)14-8-23-12-24-9-14/h1-4,7-9,12H,5-6,10-11H2,(H,26,27,29). The maximum atomic E-state index is 12.7. The third-order valence-electron chi connectivity index (χ3n) is 5.04. The number of pyridine rings is 1. The first-order valence-corrected chi connectivity index (χ1v) is 10.7. The van der Waals surface area contributed by atoms with Gasteiger partial charge >= 0.3 is 0 Å². The smallest absolute Gasteiger partial charge is 0.255 e. The third kappa shape index (κ3) is 3.89. The zero-order valence-electron chi connectivity index (χ0n) is 15.9. The molecule has 0 fully saturated rings. The molecule has 4 aromatic rings. The molecule has 1 aliphatic rings. The van der Waals surface area contributed by atoms with Gasteiger partial charge < -0.3 is 4.98 Å². The van der Waals surface area contributed by atoms with Crippen molar-refractivity contribution in [1.82, 2.24) is 29.8 Å². The average molecular weight is 437 g/mol. The first kappa shape index (κ1) is 19.0. The van der Waals surface area contributed by atoms with Crippen molar-refractivity contribution in [1.29, 1.82) is 0 Å². The average Bonchev–Trinajstić information content (AvgIpc) is 3.21. The Morgan fingerprint density at radius 1 is 1.13 bits per heavy atom. The maximum absolute atomic E-state index is 12.7. The van der Waals surface area contributed by atoms with Crippen LogP contribution in [0.2, 0.25) is 4.34 Å². The Labute approximate surface area is 181 Å². The molecule has 0 saturated heterocycles. The second kappa shape index (κ2) is 8.06. The van der Waals surface area contributed by atoms with Gasteiger partial charge in [-0.3, -0.25) is 14.7 Å². The molecule has 150 valence electrons. The molecule has 0 radical (unpaired) electrons. The van der Waals surface area contributed by atoms with E-state index in [1.165, 1.54) is 17.7 Å². The summed E-state index contributed by atoms with van der Waals surface area (Å²) in [6.07, 6.45) is 7.36. The van der Waals surface area contributed by atoms with Crippen LogP contribution in [-0.2, 0) is 19.5 Å². The summed E-state index contributed by atoms with van der Waals surface area (Å²) in [5.41, 5.74) is 4.19. The lowest BCUT2D eigenvalue weighted by Crippen LogP contribution is -2.35. The highest BCUT2D eigenvalue weighted by Crippen LogP contribution is 2.29. The monoisotopic (exact) mass is 436 g/mol. The molecule has 0 amide bonds. The predicted molar refractivity (Wildman–Crippen MR) is 116 cm³/mol. The minimum atomic E-state index is -0.105. The molecule has 0 aromatic carbocycles. The molecule has 0 spiro atoms. The normalized spacial score (nSPS) is 13.9. The molecule has 5 heterocycles. The van der Waals surface area contributed by atoms with E-state index < -0.39 is 0 Å². The minimum absolute atomic E-state index is 0.105. The highest BCUT2D eigenvalue weighted by molar-refractivity contribution is 7.19. The van der Waals surface area contributed by atoms with Crippen LogP contribution in [0.4, 0.5) is 0 Å². The van der Waals surface area contributed by atoms with Crippen LogP contribution in [0.15, 0.2) is 54.0 Å². The van der Waals surface area contributed by atoms with Gasteiger partial charge in [-0.1, -0.05) is 17.7 Å². The maximum Gasteiger partial charge on any atom is 0.255 e. The molecule has 0 unspecified atom stereocenters. The van der Waals surface area contributed by atoms with E-state index in [1.54, 1.807) is 12.4 Å². The number of hydrogen-bond donors (Lipinski definition) is 1. The lowest BCUT2D eigenvalue weighted by molar-refractivity contribution is 0.241. The first-order chi connectivity index (χ1) is 14.7. The predicted octanol–water partition coefficient (Wildman–Crippen LogP) is 3.56. The van der Waals surface area contributed by atoms with Gasteiger partial charge in [-0.05, 0) is 23.8 Å². The van der Waals surface area contributed by atoms with Gasteiger partial charge in [0, 0.05) is 44.6 Å². The van der Waals surface area contributed by atoms with Gasteiger partial charge in [-0.15, -0.1) is 11.3 Å². The molecule has 9 heteroatoms. The van der Waals surface area contributed by atoms with E-state index in [1.807, 2.05) is 24.4 Å². The number of nitrogens with zero attached hydrogens (tertiary/aromatic N) is 5. The van der Waals surface area contributed by atoms with Crippen LogP contribution >= 0.6 is 22.9 Å². The summed E-state index contributed by atoms with van der Waals surface area (Å²) >= 11 is 7.53. The fourth-order valence-corrected chi connectivity index (χ4v) is 4.57. The number of nitrogens with one attached hydrogen (secondary N) is 1. The molecule has 4 aromatic heterocycles. The quantitative estimate of drug-likeness (QED) is 0.526. The Morgan fingerprint density at radius 2 is 2.00 bits per heavy atom. The van der Waals surface area contributed by atoms with Crippen molar-refractivity contribution in [2.75, 3.05) is 6.54 Å². The van der Waals surface area contributed by atoms with E-state index in [0.29, 0.717) is 17.9 Å². The number of rotatable bonds is 4. The van der Waals surface area contributed by atoms with Gasteiger partial charge in [0.15, 0.2) is 0 Å². The summed E-state index contributed by atoms with van der Waals surface area (Å²) in [5.74, 6) is 0.515. The Bertz CT molecular complexity index is 1240. The summed E-state index contributed by atoms with van der Waals surface area (Å²) in [5, 5.41) is 0. The Balaban J connectivity index is 1.32. The minimum Gasteiger partial charge on any atom is -0.306 e. The van der Waals surface area contributed by atoms with E-state index in [0.717, 1.165) is 51.2 Å². The van der Waals surface area contributed by atoms with Gasteiger partial charge in [0.2, 0.25) is 0 Å². The van der Waals surface area contributed by atoms with Gasteiger partial charge in [0.1, 0.15) is 12.2 Å². The van der Waals surface area contributed by atoms with Gasteiger partial charge in [-0.25, -0.2) is 15.0 Å². The van der Waals surface area contributed by atoms with Gasteiger partial charge in [-0.2, -0.15) is 0 Å². The third-order valence-corrected chi connectivity index (χ3v) is 6.29. The number of fused-ring (bicyclic) bond motifs is 1. The zero-order valence-corrected chi connectivity index (χ0v) is 17.5. The summed E-state index contributed by atoms with van der Waals surface area (Å²) < 4.78 is 0.754. The number of aromatic nitrogens is 5. The Morgan fingerprint density at radius 3 is 2.73 bits per heavy atom. The molecule has 1 aliphatic heterocycles. The molecule has 5 rings (SSSR count). The first-order valence-electron chi connectivity index (χ1n) is 9.46. The van der Waals surface area contributed by atoms with E-state index in [2.05, 4.69) is 35.9 Å². The molecule has 0 bridgehead atoms.